The van der Waals surface area contributed by atoms with E-state index in [0.29, 0.717) is 6.54 Å². The first kappa shape index (κ1) is 15.8. The van der Waals surface area contributed by atoms with E-state index in [1.165, 1.54) is 5.56 Å². The number of nitrogens with zero attached hydrogens (tertiary/aromatic N) is 1. The highest BCUT2D eigenvalue weighted by Gasteiger charge is 2.10. The monoisotopic (exact) mass is 292 g/mol. The molecule has 1 aliphatic rings. The van der Waals surface area contributed by atoms with E-state index in [4.69, 9.17) is 9.47 Å². The molecule has 0 spiro atoms. The van der Waals surface area contributed by atoms with Crippen molar-refractivity contribution in [3.63, 3.8) is 0 Å². The molecule has 116 valence electrons. The second-order valence-corrected chi connectivity index (χ2v) is 5.09. The zero-order chi connectivity index (χ0) is 14.9. The molecule has 1 aromatic carbocycles. The maximum Gasteiger partial charge on any atom is 0.257 e. The maximum atomic E-state index is 11.7. The summed E-state index contributed by atoms with van der Waals surface area (Å²) in [6, 6.07) is 7.84. The fourth-order valence-corrected chi connectivity index (χ4v) is 2.20. The summed E-state index contributed by atoms with van der Waals surface area (Å²) < 4.78 is 10.7. The van der Waals surface area contributed by atoms with E-state index in [2.05, 4.69) is 17.1 Å². The van der Waals surface area contributed by atoms with E-state index >= 15 is 0 Å². The molecule has 1 saturated heterocycles. The van der Waals surface area contributed by atoms with Crippen molar-refractivity contribution in [3.05, 3.63) is 29.8 Å². The number of hydrogen-bond donors (Lipinski definition) is 1. The Morgan fingerprint density at radius 2 is 2.00 bits per heavy atom. The Morgan fingerprint density at radius 3 is 2.67 bits per heavy atom. The minimum atomic E-state index is -0.0807. The zero-order valence-corrected chi connectivity index (χ0v) is 12.6. The molecule has 0 aromatic heterocycles. The molecule has 0 aliphatic carbocycles. The first-order valence-electron chi connectivity index (χ1n) is 7.56. The molecule has 5 heteroatoms. The summed E-state index contributed by atoms with van der Waals surface area (Å²) in [5, 5.41) is 2.88. The van der Waals surface area contributed by atoms with Gasteiger partial charge in [-0.25, -0.2) is 0 Å². The second kappa shape index (κ2) is 8.64. The lowest BCUT2D eigenvalue weighted by Gasteiger charge is -2.26. The number of aryl methyl sites for hydroxylation is 1. The Labute approximate surface area is 126 Å². The second-order valence-electron chi connectivity index (χ2n) is 5.09. The van der Waals surface area contributed by atoms with E-state index in [-0.39, 0.29) is 12.5 Å². The molecule has 0 unspecified atom stereocenters. The summed E-state index contributed by atoms with van der Waals surface area (Å²) in [6.07, 6.45) is 1.00. The number of carbonyl (C=O) groups excluding carboxylic acids is 1. The third-order valence-corrected chi connectivity index (χ3v) is 3.56. The van der Waals surface area contributed by atoms with E-state index in [9.17, 15) is 4.79 Å². The minimum absolute atomic E-state index is 0.0641. The molecule has 0 bridgehead atoms. The molecule has 1 amide bonds. The SMILES string of the molecule is CCc1ccc(OCC(=O)NCCN2CCOCC2)cc1. The highest BCUT2D eigenvalue weighted by molar-refractivity contribution is 5.77. The van der Waals surface area contributed by atoms with Gasteiger partial charge in [-0.1, -0.05) is 19.1 Å². The van der Waals surface area contributed by atoms with E-state index in [1.54, 1.807) is 0 Å². The van der Waals surface area contributed by atoms with Crippen LogP contribution in [0.25, 0.3) is 0 Å². The molecule has 0 atom stereocenters. The normalized spacial score (nSPS) is 15.7. The van der Waals surface area contributed by atoms with Gasteiger partial charge in [0.1, 0.15) is 5.75 Å². The van der Waals surface area contributed by atoms with Gasteiger partial charge in [0.2, 0.25) is 0 Å². The van der Waals surface area contributed by atoms with Crippen molar-refractivity contribution in [2.75, 3.05) is 46.0 Å². The number of carbonyl (C=O) groups is 1. The molecular formula is C16H24N2O3. The van der Waals surface area contributed by atoms with Crippen LogP contribution in [0.3, 0.4) is 0 Å². The highest BCUT2D eigenvalue weighted by Crippen LogP contribution is 2.12. The summed E-state index contributed by atoms with van der Waals surface area (Å²) in [7, 11) is 0. The fourth-order valence-electron chi connectivity index (χ4n) is 2.20. The Hall–Kier alpha value is -1.59. The predicted octanol–water partition coefficient (Wildman–Crippen LogP) is 1.08. The topological polar surface area (TPSA) is 50.8 Å². The van der Waals surface area contributed by atoms with Crippen molar-refractivity contribution in [2.24, 2.45) is 0 Å². The van der Waals surface area contributed by atoms with Gasteiger partial charge in [-0.05, 0) is 24.1 Å². The standard InChI is InChI=1S/C16H24N2O3/c1-2-14-3-5-15(6-4-14)21-13-16(19)17-7-8-18-9-11-20-12-10-18/h3-6H,2,7-13H2,1H3,(H,17,19). The smallest absolute Gasteiger partial charge is 0.257 e. The van der Waals surface area contributed by atoms with Crippen molar-refractivity contribution in [1.29, 1.82) is 0 Å². The molecule has 2 rings (SSSR count). The van der Waals surface area contributed by atoms with Crippen LogP contribution in [-0.4, -0.2) is 56.8 Å². The van der Waals surface area contributed by atoms with Gasteiger partial charge in [-0.2, -0.15) is 0 Å². The molecule has 1 heterocycles. The van der Waals surface area contributed by atoms with Crippen molar-refractivity contribution in [1.82, 2.24) is 10.2 Å². The Balaban J connectivity index is 1.60. The number of ether oxygens (including phenoxy) is 2. The third-order valence-electron chi connectivity index (χ3n) is 3.56. The molecule has 0 saturated carbocycles. The van der Waals surface area contributed by atoms with Crippen LogP contribution in [0.1, 0.15) is 12.5 Å². The Morgan fingerprint density at radius 1 is 1.29 bits per heavy atom. The van der Waals surface area contributed by atoms with Gasteiger partial charge in [-0.15, -0.1) is 0 Å². The van der Waals surface area contributed by atoms with Gasteiger partial charge in [0.25, 0.3) is 5.91 Å². The van der Waals surface area contributed by atoms with Crippen LogP contribution in [-0.2, 0) is 16.0 Å². The van der Waals surface area contributed by atoms with Crippen LogP contribution < -0.4 is 10.1 Å². The maximum absolute atomic E-state index is 11.7. The van der Waals surface area contributed by atoms with Crippen LogP contribution in [0.5, 0.6) is 5.75 Å². The van der Waals surface area contributed by atoms with Crippen LogP contribution >= 0.6 is 0 Å². The van der Waals surface area contributed by atoms with Gasteiger partial charge in [-0.3, -0.25) is 9.69 Å². The summed E-state index contributed by atoms with van der Waals surface area (Å²) in [5.41, 5.74) is 1.26. The average molecular weight is 292 g/mol. The van der Waals surface area contributed by atoms with Crippen molar-refractivity contribution in [3.8, 4) is 5.75 Å². The number of morpholine rings is 1. The van der Waals surface area contributed by atoms with Crippen molar-refractivity contribution >= 4 is 5.91 Å². The molecular weight excluding hydrogens is 268 g/mol. The first-order valence-corrected chi connectivity index (χ1v) is 7.56. The van der Waals surface area contributed by atoms with Crippen LogP contribution in [0.2, 0.25) is 0 Å². The lowest BCUT2D eigenvalue weighted by atomic mass is 10.2. The van der Waals surface area contributed by atoms with Crippen molar-refractivity contribution < 1.29 is 14.3 Å². The average Bonchev–Trinajstić information content (AvgIpc) is 2.54. The number of benzene rings is 1. The molecule has 1 aromatic rings. The van der Waals surface area contributed by atoms with Gasteiger partial charge < -0.3 is 14.8 Å². The summed E-state index contributed by atoms with van der Waals surface area (Å²) >= 11 is 0. The Bertz CT molecular complexity index is 428. The van der Waals surface area contributed by atoms with Gasteiger partial charge in [0, 0.05) is 26.2 Å². The Kier molecular flexibility index (Phi) is 6.50. The number of hydrogen-bond acceptors (Lipinski definition) is 4. The molecule has 0 radical (unpaired) electrons. The quantitative estimate of drug-likeness (QED) is 0.817. The summed E-state index contributed by atoms with van der Waals surface area (Å²) in [5.74, 6) is 0.651. The van der Waals surface area contributed by atoms with Gasteiger partial charge in [0.05, 0.1) is 13.2 Å². The molecule has 21 heavy (non-hydrogen) atoms. The summed E-state index contributed by atoms with van der Waals surface area (Å²) in [4.78, 5) is 14.0. The van der Waals surface area contributed by atoms with Crippen LogP contribution in [0.4, 0.5) is 0 Å². The highest BCUT2D eigenvalue weighted by atomic mass is 16.5. The summed E-state index contributed by atoms with van der Waals surface area (Å²) in [6.45, 7) is 7.13. The number of rotatable bonds is 7. The van der Waals surface area contributed by atoms with E-state index in [1.807, 2.05) is 24.3 Å². The predicted molar refractivity (Wildman–Crippen MR) is 81.6 cm³/mol. The van der Waals surface area contributed by atoms with Crippen molar-refractivity contribution in [2.45, 2.75) is 13.3 Å². The van der Waals surface area contributed by atoms with Crippen LogP contribution in [0, 0.1) is 0 Å². The number of nitrogens with one attached hydrogen (secondary N) is 1. The zero-order valence-electron chi connectivity index (χ0n) is 12.6. The van der Waals surface area contributed by atoms with E-state index in [0.717, 1.165) is 45.0 Å². The van der Waals surface area contributed by atoms with E-state index < -0.39 is 0 Å². The molecule has 1 N–H and O–H groups in total. The molecule has 1 fully saturated rings. The third kappa shape index (κ3) is 5.73. The van der Waals surface area contributed by atoms with Gasteiger partial charge >= 0.3 is 0 Å². The largest absolute Gasteiger partial charge is 0.484 e. The molecule has 1 aliphatic heterocycles. The van der Waals surface area contributed by atoms with Gasteiger partial charge in [0.15, 0.2) is 6.61 Å². The first-order chi connectivity index (χ1) is 10.3. The lowest BCUT2D eigenvalue weighted by molar-refractivity contribution is -0.123. The lowest BCUT2D eigenvalue weighted by Crippen LogP contribution is -2.42. The minimum Gasteiger partial charge on any atom is -0.484 e. The number of amides is 1. The molecule has 5 nitrogen and oxygen atoms in total. The van der Waals surface area contributed by atoms with Crippen LogP contribution in [0.15, 0.2) is 24.3 Å². The fraction of sp³-hybridized carbons (Fsp3) is 0.562.